The van der Waals surface area contributed by atoms with E-state index in [0.29, 0.717) is 5.02 Å². The summed E-state index contributed by atoms with van der Waals surface area (Å²) >= 11 is 12.2. The van der Waals surface area contributed by atoms with E-state index in [4.69, 9.17) is 27.9 Å². The molecule has 1 saturated heterocycles. The molecule has 0 saturated carbocycles. The average Bonchev–Trinajstić information content (AvgIpc) is 2.74. The Balaban J connectivity index is 1.69. The molecule has 7 nitrogen and oxygen atoms in total. The van der Waals surface area contributed by atoms with Crippen LogP contribution in [0.15, 0.2) is 42.5 Å². The number of ether oxygens (including phenoxy) is 1. The van der Waals surface area contributed by atoms with Crippen LogP contribution in [-0.2, 0) is 32.6 Å². The summed E-state index contributed by atoms with van der Waals surface area (Å²) in [6, 6.07) is 11.5. The van der Waals surface area contributed by atoms with Gasteiger partial charge in [0.2, 0.25) is 15.9 Å². The first kappa shape index (κ1) is 24.8. The van der Waals surface area contributed by atoms with Crippen LogP contribution in [-0.4, -0.2) is 57.8 Å². The Hall–Kier alpha value is -1.84. The van der Waals surface area contributed by atoms with Gasteiger partial charge in [-0.1, -0.05) is 47.5 Å². The highest BCUT2D eigenvalue weighted by Gasteiger charge is 2.30. The lowest BCUT2D eigenvalue weighted by atomic mass is 10.1. The summed E-state index contributed by atoms with van der Waals surface area (Å²) in [5.41, 5.74) is 2.25. The molecule has 1 N–H and O–H groups in total. The molecule has 2 aromatic rings. The van der Waals surface area contributed by atoms with E-state index < -0.39 is 22.0 Å². The Morgan fingerprint density at radius 1 is 1.16 bits per heavy atom. The van der Waals surface area contributed by atoms with Crippen LogP contribution < -0.4 is 9.62 Å². The first-order chi connectivity index (χ1) is 15.1. The van der Waals surface area contributed by atoms with E-state index in [2.05, 4.69) is 16.3 Å². The van der Waals surface area contributed by atoms with Crippen LogP contribution in [0.25, 0.3) is 0 Å². The predicted molar refractivity (Wildman–Crippen MR) is 128 cm³/mol. The van der Waals surface area contributed by atoms with Crippen molar-refractivity contribution >= 4 is 44.8 Å². The molecular formula is C22H27Cl2N3O4S. The largest absolute Gasteiger partial charge is 0.379 e. The molecule has 1 aliphatic heterocycles. The van der Waals surface area contributed by atoms with Crippen molar-refractivity contribution in [1.29, 1.82) is 0 Å². The monoisotopic (exact) mass is 499 g/mol. The van der Waals surface area contributed by atoms with E-state index in [1.165, 1.54) is 19.1 Å². The summed E-state index contributed by atoms with van der Waals surface area (Å²) < 4.78 is 31.3. The summed E-state index contributed by atoms with van der Waals surface area (Å²) in [6.07, 6.45) is 1.03. The maximum absolute atomic E-state index is 12.9. The zero-order valence-electron chi connectivity index (χ0n) is 18.1. The molecule has 0 bridgehead atoms. The molecule has 0 aromatic heterocycles. The van der Waals surface area contributed by atoms with Crippen molar-refractivity contribution in [3.05, 3.63) is 63.6 Å². The second-order valence-electron chi connectivity index (χ2n) is 7.76. The minimum absolute atomic E-state index is 0.164. The Kier molecular flexibility index (Phi) is 8.41. The number of morpholine rings is 1. The number of carbonyl (C=O) groups is 1. The van der Waals surface area contributed by atoms with Crippen LogP contribution in [0.3, 0.4) is 0 Å². The molecule has 1 heterocycles. The molecule has 1 aliphatic rings. The number of nitrogens with zero attached hydrogens (tertiary/aromatic N) is 2. The van der Waals surface area contributed by atoms with Gasteiger partial charge in [-0.05, 0) is 36.2 Å². The SMILES string of the molecule is CC(C(=O)NCc1cccc(CN2CCOCC2)c1)N(c1cc(Cl)ccc1Cl)S(C)(=O)=O. The molecule has 1 unspecified atom stereocenters. The zero-order valence-corrected chi connectivity index (χ0v) is 20.4. The lowest BCUT2D eigenvalue weighted by Gasteiger charge is -2.29. The van der Waals surface area contributed by atoms with Crippen molar-refractivity contribution in [2.24, 2.45) is 0 Å². The predicted octanol–water partition coefficient (Wildman–Crippen LogP) is 3.30. The number of rotatable bonds is 8. The van der Waals surface area contributed by atoms with Gasteiger partial charge in [-0.3, -0.25) is 14.0 Å². The van der Waals surface area contributed by atoms with E-state index in [1.54, 1.807) is 6.07 Å². The molecule has 1 atom stereocenters. The number of benzene rings is 2. The van der Waals surface area contributed by atoms with Crippen molar-refractivity contribution in [1.82, 2.24) is 10.2 Å². The van der Waals surface area contributed by atoms with Gasteiger partial charge >= 0.3 is 0 Å². The van der Waals surface area contributed by atoms with Gasteiger partial charge in [0.05, 0.1) is 30.2 Å². The molecule has 3 rings (SSSR count). The van der Waals surface area contributed by atoms with E-state index in [9.17, 15) is 13.2 Å². The van der Waals surface area contributed by atoms with Crippen molar-refractivity contribution in [2.45, 2.75) is 26.1 Å². The zero-order chi connectivity index (χ0) is 23.3. The number of carbonyl (C=O) groups excluding carboxylic acids is 1. The number of amides is 1. The maximum atomic E-state index is 12.9. The highest BCUT2D eigenvalue weighted by molar-refractivity contribution is 7.92. The summed E-state index contributed by atoms with van der Waals surface area (Å²) in [5.74, 6) is -0.440. The van der Waals surface area contributed by atoms with Gasteiger partial charge in [0.15, 0.2) is 0 Å². The van der Waals surface area contributed by atoms with E-state index in [1.807, 2.05) is 18.2 Å². The Morgan fingerprint density at radius 3 is 2.53 bits per heavy atom. The topological polar surface area (TPSA) is 79.0 Å². The Bertz CT molecular complexity index is 1060. The minimum Gasteiger partial charge on any atom is -0.379 e. The second-order valence-corrected chi connectivity index (χ2v) is 10.5. The van der Waals surface area contributed by atoms with Crippen LogP contribution in [0.4, 0.5) is 5.69 Å². The molecule has 10 heteroatoms. The lowest BCUT2D eigenvalue weighted by Crippen LogP contribution is -2.47. The van der Waals surface area contributed by atoms with Gasteiger partial charge < -0.3 is 10.1 Å². The summed E-state index contributed by atoms with van der Waals surface area (Å²) in [4.78, 5) is 15.2. The van der Waals surface area contributed by atoms with Gasteiger partial charge in [0.1, 0.15) is 6.04 Å². The molecule has 0 radical (unpaired) electrons. The van der Waals surface area contributed by atoms with E-state index >= 15 is 0 Å². The molecular weight excluding hydrogens is 473 g/mol. The van der Waals surface area contributed by atoms with E-state index in [0.717, 1.165) is 54.5 Å². The summed E-state index contributed by atoms with van der Waals surface area (Å²) in [6.45, 7) is 5.88. The van der Waals surface area contributed by atoms with Gasteiger partial charge in [0, 0.05) is 31.2 Å². The molecule has 2 aromatic carbocycles. The number of halogens is 2. The fourth-order valence-electron chi connectivity index (χ4n) is 3.63. The van der Waals surface area contributed by atoms with E-state index in [-0.39, 0.29) is 17.3 Å². The number of nitrogens with one attached hydrogen (secondary N) is 1. The summed E-state index contributed by atoms with van der Waals surface area (Å²) in [7, 11) is -3.79. The average molecular weight is 500 g/mol. The van der Waals surface area contributed by atoms with Crippen LogP contribution in [0.5, 0.6) is 0 Å². The summed E-state index contributed by atoms with van der Waals surface area (Å²) in [5, 5.41) is 3.34. The number of sulfonamides is 1. The standard InChI is InChI=1S/C22H27Cl2N3O4S/c1-16(27(32(2,29)30)21-13-19(23)6-7-20(21)24)22(28)25-14-17-4-3-5-18(12-17)15-26-8-10-31-11-9-26/h3-7,12-13,16H,8-11,14-15H2,1-2H3,(H,25,28). The van der Waals surface area contributed by atoms with Crippen LogP contribution in [0.1, 0.15) is 18.1 Å². The third-order valence-electron chi connectivity index (χ3n) is 5.20. The number of anilines is 1. The second kappa shape index (κ2) is 10.9. The molecule has 1 amide bonds. The fraction of sp³-hybridized carbons (Fsp3) is 0.409. The van der Waals surface area contributed by atoms with Gasteiger partial charge in [0.25, 0.3) is 0 Å². The smallest absolute Gasteiger partial charge is 0.243 e. The quantitative estimate of drug-likeness (QED) is 0.602. The molecule has 1 fully saturated rings. The number of hydrogen-bond acceptors (Lipinski definition) is 5. The number of hydrogen-bond donors (Lipinski definition) is 1. The lowest BCUT2D eigenvalue weighted by molar-refractivity contribution is -0.122. The molecule has 0 spiro atoms. The normalized spacial score (nSPS) is 15.9. The highest BCUT2D eigenvalue weighted by atomic mass is 35.5. The van der Waals surface area contributed by atoms with Crippen molar-refractivity contribution in [3.8, 4) is 0 Å². The first-order valence-electron chi connectivity index (χ1n) is 10.3. The van der Waals surface area contributed by atoms with Crippen LogP contribution >= 0.6 is 23.2 Å². The first-order valence-corrected chi connectivity index (χ1v) is 12.9. The maximum Gasteiger partial charge on any atom is 0.243 e. The third kappa shape index (κ3) is 6.59. The molecule has 32 heavy (non-hydrogen) atoms. The van der Waals surface area contributed by atoms with Gasteiger partial charge in [-0.25, -0.2) is 8.42 Å². The highest BCUT2D eigenvalue weighted by Crippen LogP contribution is 2.32. The van der Waals surface area contributed by atoms with Crippen LogP contribution in [0, 0.1) is 0 Å². The van der Waals surface area contributed by atoms with Gasteiger partial charge in [-0.15, -0.1) is 0 Å². The molecule has 0 aliphatic carbocycles. The Morgan fingerprint density at radius 2 is 1.84 bits per heavy atom. The third-order valence-corrected chi connectivity index (χ3v) is 6.98. The van der Waals surface area contributed by atoms with Crippen molar-refractivity contribution in [2.75, 3.05) is 36.9 Å². The van der Waals surface area contributed by atoms with Crippen molar-refractivity contribution < 1.29 is 17.9 Å². The van der Waals surface area contributed by atoms with Gasteiger partial charge in [-0.2, -0.15) is 0 Å². The Labute approximate surface area is 199 Å². The fourth-order valence-corrected chi connectivity index (χ4v) is 5.23. The minimum atomic E-state index is -3.79. The van der Waals surface area contributed by atoms with Crippen molar-refractivity contribution in [3.63, 3.8) is 0 Å². The van der Waals surface area contributed by atoms with Crippen LogP contribution in [0.2, 0.25) is 10.0 Å². The molecule has 174 valence electrons.